The van der Waals surface area contributed by atoms with Crippen molar-refractivity contribution in [1.29, 1.82) is 0 Å². The molecule has 2 nitrogen and oxygen atoms in total. The molecule has 0 radical (unpaired) electrons. The van der Waals surface area contributed by atoms with Crippen LogP contribution in [0, 0.1) is 0 Å². The molecular weight excluding hydrogens is 55.0 g/mol. The lowest BCUT2D eigenvalue weighted by Crippen LogP contribution is -1.41. The first-order valence-electron chi connectivity index (χ1n) is 0.751. The van der Waals surface area contributed by atoms with Crippen LogP contribution in [0.5, 0.6) is 0 Å². The zero-order chi connectivity index (χ0) is 3.41. The fraction of sp³-hybridized carbons (Fsp3) is 0. The van der Waals surface area contributed by atoms with Gasteiger partial charge in [-0.05, 0) is 0 Å². The van der Waals surface area contributed by atoms with Gasteiger partial charge in [0.15, 0.2) is 12.2 Å². The minimum atomic E-state index is 0.319. The van der Waals surface area contributed by atoms with Gasteiger partial charge in [-0.15, -0.1) is 0 Å². The third-order valence-electron chi connectivity index (χ3n) is 0.0527. The van der Waals surface area contributed by atoms with Crippen LogP contribution in [0.25, 0.3) is 0 Å². The fourth-order valence-corrected chi connectivity index (χ4v) is 0. The van der Waals surface area contributed by atoms with E-state index < -0.39 is 0 Å². The van der Waals surface area contributed by atoms with Crippen LogP contribution >= 0.6 is 0 Å². The number of rotatable bonds is 0. The van der Waals surface area contributed by atoms with Crippen LogP contribution < -0.4 is 0 Å². The van der Waals surface area contributed by atoms with Gasteiger partial charge in [-0.1, -0.05) is 0 Å². The minimum absolute atomic E-state index is 0.319. The molecule has 22 valence electrons. The van der Waals surface area contributed by atoms with Crippen LogP contribution in [0.1, 0.15) is 0 Å². The van der Waals surface area contributed by atoms with Crippen molar-refractivity contribution in [3.8, 4) is 0 Å². The highest BCUT2D eigenvalue weighted by molar-refractivity contribution is 5.41. The molecule has 4 heavy (non-hydrogen) atoms. The fourth-order valence-electron chi connectivity index (χ4n) is 0. The van der Waals surface area contributed by atoms with Gasteiger partial charge in [-0.25, -0.2) is 4.79 Å². The average Bonchev–Trinajstić information content (AvgIpc) is 1.37. The van der Waals surface area contributed by atoms with Crippen LogP contribution in [0.2, 0.25) is 0 Å². The van der Waals surface area contributed by atoms with Gasteiger partial charge < -0.3 is 5.11 Å². The van der Waals surface area contributed by atoms with Crippen molar-refractivity contribution in [1.82, 2.24) is 0 Å². The van der Waals surface area contributed by atoms with E-state index in [1.54, 1.807) is 0 Å². The quantitative estimate of drug-likeness (QED) is 0.311. The van der Waals surface area contributed by atoms with Gasteiger partial charge in [0.05, 0.1) is 0 Å². The van der Waals surface area contributed by atoms with E-state index in [4.69, 9.17) is 9.90 Å². The number of carbonyl (C=O) groups excluding carboxylic acids is 1. The van der Waals surface area contributed by atoms with Gasteiger partial charge in [0, 0.05) is 0 Å². The molecule has 0 heterocycles. The van der Waals surface area contributed by atoms with Gasteiger partial charge in [0.1, 0.15) is 0 Å². The maximum absolute atomic E-state index is 8.74. The Bertz CT molecular complexity index is 42.0. The van der Waals surface area contributed by atoms with Crippen molar-refractivity contribution in [2.45, 2.75) is 0 Å². The Morgan fingerprint density at radius 1 is 2.00 bits per heavy atom. The highest BCUT2D eigenvalue weighted by Crippen LogP contribution is 1.24. The summed E-state index contributed by atoms with van der Waals surface area (Å²) in [5.41, 5.74) is 0. The highest BCUT2D eigenvalue weighted by atomic mass is 16.2. The van der Waals surface area contributed by atoms with Crippen molar-refractivity contribution >= 4 is 5.94 Å². The van der Waals surface area contributed by atoms with E-state index in [-0.39, 0.29) is 0 Å². The third kappa shape index (κ3) is 1.25. The summed E-state index contributed by atoms with van der Waals surface area (Å²) in [6, 6.07) is 0. The maximum Gasteiger partial charge on any atom is 0.163 e. The first kappa shape index (κ1) is 3.25. The molecule has 0 saturated carbocycles. The van der Waals surface area contributed by atoms with E-state index >= 15 is 0 Å². The molecule has 0 aliphatic carbocycles. The van der Waals surface area contributed by atoms with Gasteiger partial charge in [-0.3, -0.25) is 0 Å². The Morgan fingerprint density at radius 2 is 2.25 bits per heavy atom. The molecule has 0 atom stereocenters. The molecule has 0 aromatic carbocycles. The number of hydrogen-bond acceptors (Lipinski definition) is 2. The summed E-state index contributed by atoms with van der Waals surface area (Å²) in [5.74, 6) is 1.11. The molecule has 2 heteroatoms. The lowest BCUT2D eigenvalue weighted by molar-refractivity contribution is 0.469. The second-order valence-electron chi connectivity index (χ2n) is 0.247. The standard InChI is InChI=1S/C2H2O2/c3-1-2-4/h1,3H/i2-1. The summed E-state index contributed by atoms with van der Waals surface area (Å²) >= 11 is 0. The minimum Gasteiger partial charge on any atom is -0.504 e. The molecule has 0 spiro atoms. The normalized spacial score (nSPS) is 4.00. The Balaban J connectivity index is 3.11. The lowest BCUT2D eigenvalue weighted by Gasteiger charge is -1.40. The van der Waals surface area contributed by atoms with Crippen LogP contribution in [0.4, 0.5) is 0 Å². The molecule has 0 saturated heterocycles. The molecule has 0 aliphatic heterocycles. The zero-order valence-corrected chi connectivity index (χ0v) is 1.93. The molecule has 0 aromatic heterocycles. The first-order chi connectivity index (χ1) is 1.91. The topological polar surface area (TPSA) is 37.3 Å². The van der Waals surface area contributed by atoms with Crippen molar-refractivity contribution < 1.29 is 9.90 Å². The van der Waals surface area contributed by atoms with Gasteiger partial charge in [0.2, 0.25) is 0 Å². The molecule has 0 unspecified atom stereocenters. The molecule has 0 rings (SSSR count). The Kier molecular flexibility index (Phi) is 1.83. The van der Waals surface area contributed by atoms with Gasteiger partial charge >= 0.3 is 0 Å². The molecule has 0 fully saturated rings. The van der Waals surface area contributed by atoms with Crippen LogP contribution in [0.15, 0.2) is 6.26 Å². The number of hydrogen-bond donors (Lipinski definition) is 1. The lowest BCUT2D eigenvalue weighted by atomic mass is 10.5. The summed E-state index contributed by atoms with van der Waals surface area (Å²) in [5, 5.41) is 7.33. The summed E-state index contributed by atoms with van der Waals surface area (Å²) in [6.45, 7) is 0. The van der Waals surface area contributed by atoms with E-state index in [0.29, 0.717) is 6.26 Å². The van der Waals surface area contributed by atoms with Gasteiger partial charge in [-0.2, -0.15) is 0 Å². The second-order valence-corrected chi connectivity index (χ2v) is 0.247. The molecule has 0 aliphatic rings. The van der Waals surface area contributed by atoms with Crippen molar-refractivity contribution in [3.63, 3.8) is 0 Å². The van der Waals surface area contributed by atoms with E-state index in [0.717, 1.165) is 5.94 Å². The van der Waals surface area contributed by atoms with E-state index in [1.807, 2.05) is 0 Å². The van der Waals surface area contributed by atoms with Crippen LogP contribution in [-0.4, -0.2) is 11.0 Å². The Morgan fingerprint density at radius 3 is 2.25 bits per heavy atom. The predicted octanol–water partition coefficient (Wildman–Crippen LogP) is -0.110. The zero-order valence-electron chi connectivity index (χ0n) is 1.93. The van der Waals surface area contributed by atoms with E-state index in [2.05, 4.69) is 0 Å². The maximum atomic E-state index is 8.74. The molecule has 0 aromatic rings. The summed E-state index contributed by atoms with van der Waals surface area (Å²) in [6.07, 6.45) is 0.319. The molecular formula is C2H2O2. The summed E-state index contributed by atoms with van der Waals surface area (Å²) in [7, 11) is 0. The smallest absolute Gasteiger partial charge is 0.163 e. The average molecular weight is 57.0 g/mol. The van der Waals surface area contributed by atoms with Crippen LogP contribution in [-0.2, 0) is 4.79 Å². The van der Waals surface area contributed by atoms with E-state index in [9.17, 15) is 0 Å². The third-order valence-corrected chi connectivity index (χ3v) is 0.0527. The van der Waals surface area contributed by atoms with Crippen molar-refractivity contribution in [2.75, 3.05) is 0 Å². The number of aliphatic hydroxyl groups excluding tert-OH is 1. The molecule has 0 amide bonds. The van der Waals surface area contributed by atoms with Crippen LogP contribution in [0.3, 0.4) is 0 Å². The van der Waals surface area contributed by atoms with Crippen molar-refractivity contribution in [2.24, 2.45) is 0 Å². The Hall–Kier alpha value is -0.750. The summed E-state index contributed by atoms with van der Waals surface area (Å²) in [4.78, 5) is 8.74. The summed E-state index contributed by atoms with van der Waals surface area (Å²) < 4.78 is 0. The predicted molar refractivity (Wildman–Crippen MR) is 12.9 cm³/mol. The first-order valence-corrected chi connectivity index (χ1v) is 0.751. The molecule has 1 N–H and O–H groups in total. The number of aliphatic hydroxyl groups is 1. The second kappa shape index (κ2) is 2.25. The largest absolute Gasteiger partial charge is 0.504 e. The van der Waals surface area contributed by atoms with E-state index in [1.165, 1.54) is 0 Å². The monoisotopic (exact) mass is 57.0 g/mol. The Labute approximate surface area is 23.4 Å². The molecule has 0 bridgehead atoms. The highest BCUT2D eigenvalue weighted by Gasteiger charge is 1.32. The van der Waals surface area contributed by atoms with Gasteiger partial charge in [0.25, 0.3) is 0 Å². The van der Waals surface area contributed by atoms with Crippen molar-refractivity contribution in [3.05, 3.63) is 6.26 Å². The SMILES string of the molecule is O=[11C]=CO.